The van der Waals surface area contributed by atoms with E-state index in [0.29, 0.717) is 10.9 Å². The maximum atomic E-state index is 13.9. The van der Waals surface area contributed by atoms with Gasteiger partial charge >= 0.3 is 0 Å². The first kappa shape index (κ1) is 17.9. The molecule has 0 unspecified atom stereocenters. The lowest BCUT2D eigenvalue weighted by molar-refractivity contribution is 0.589. The summed E-state index contributed by atoms with van der Waals surface area (Å²) in [6.07, 6.45) is 2.68. The molecule has 0 atom stereocenters. The molecule has 27 heavy (non-hydrogen) atoms. The molecular weight excluding hydrogens is 412 g/mol. The standard InChI is InChI=1S/C18H10Cl2FN3O2S/c19-15-9-22-18(20)23-17(15)14-10-24(16-8-11(21)6-7-13(14)16)27(25,26)12-4-2-1-3-5-12/h1-10H. The molecule has 0 spiro atoms. The van der Waals surface area contributed by atoms with Crippen LogP contribution in [0.3, 0.4) is 0 Å². The first-order valence-electron chi connectivity index (χ1n) is 7.67. The van der Waals surface area contributed by atoms with Gasteiger partial charge in [0.2, 0.25) is 5.28 Å². The SMILES string of the molecule is O=S(=O)(c1ccccc1)n1cc(-c2nc(Cl)ncc2Cl)c2ccc(F)cc21. The molecule has 0 amide bonds. The molecule has 0 N–H and O–H groups in total. The van der Waals surface area contributed by atoms with Crippen LogP contribution in [0.25, 0.3) is 22.2 Å². The Morgan fingerprint density at radius 2 is 1.78 bits per heavy atom. The van der Waals surface area contributed by atoms with Crippen LogP contribution in [0.4, 0.5) is 4.39 Å². The van der Waals surface area contributed by atoms with Gasteiger partial charge in [-0.05, 0) is 41.9 Å². The molecule has 4 rings (SSSR count). The lowest BCUT2D eigenvalue weighted by atomic mass is 10.1. The third-order valence-corrected chi connectivity index (χ3v) is 6.15. The second kappa shape index (κ2) is 6.60. The quantitative estimate of drug-likeness (QED) is 0.446. The molecule has 4 aromatic rings. The first-order chi connectivity index (χ1) is 12.9. The van der Waals surface area contributed by atoms with Gasteiger partial charge in [0.15, 0.2) is 0 Å². The number of hydrogen-bond acceptors (Lipinski definition) is 4. The molecule has 0 bridgehead atoms. The van der Waals surface area contributed by atoms with Gasteiger partial charge in [0.1, 0.15) is 5.82 Å². The second-order valence-electron chi connectivity index (χ2n) is 5.65. The molecule has 0 saturated carbocycles. The zero-order chi connectivity index (χ0) is 19.2. The number of halogens is 3. The number of aromatic nitrogens is 3. The topological polar surface area (TPSA) is 64.8 Å². The Labute approximate surface area is 164 Å². The smallest absolute Gasteiger partial charge is 0.240 e. The molecule has 5 nitrogen and oxygen atoms in total. The van der Waals surface area contributed by atoms with Crippen molar-refractivity contribution >= 4 is 44.1 Å². The molecule has 2 aromatic heterocycles. The van der Waals surface area contributed by atoms with Crippen LogP contribution >= 0.6 is 23.2 Å². The van der Waals surface area contributed by atoms with E-state index in [9.17, 15) is 12.8 Å². The van der Waals surface area contributed by atoms with Crippen LogP contribution in [0.5, 0.6) is 0 Å². The molecule has 136 valence electrons. The van der Waals surface area contributed by atoms with Crippen LogP contribution < -0.4 is 0 Å². The largest absolute Gasteiger partial charge is 0.268 e. The third-order valence-electron chi connectivity index (χ3n) is 4.00. The van der Waals surface area contributed by atoms with Crippen molar-refractivity contribution in [2.45, 2.75) is 4.90 Å². The van der Waals surface area contributed by atoms with Gasteiger partial charge in [-0.2, -0.15) is 0 Å². The molecule has 0 aliphatic heterocycles. The average Bonchev–Trinajstić information content (AvgIpc) is 3.03. The summed E-state index contributed by atoms with van der Waals surface area (Å²) >= 11 is 12.1. The van der Waals surface area contributed by atoms with Crippen molar-refractivity contribution in [1.82, 2.24) is 13.9 Å². The van der Waals surface area contributed by atoms with Gasteiger partial charge in [-0.1, -0.05) is 29.8 Å². The Morgan fingerprint density at radius 3 is 2.52 bits per heavy atom. The predicted octanol–water partition coefficient (Wildman–Crippen LogP) is 4.78. The van der Waals surface area contributed by atoms with Gasteiger partial charge in [0, 0.05) is 17.1 Å². The fourth-order valence-corrected chi connectivity index (χ4v) is 4.51. The summed E-state index contributed by atoms with van der Waals surface area (Å²) in [5.74, 6) is -0.566. The number of nitrogens with zero attached hydrogens (tertiary/aromatic N) is 3. The molecule has 0 radical (unpaired) electrons. The van der Waals surface area contributed by atoms with Gasteiger partial charge in [-0.3, -0.25) is 0 Å². The van der Waals surface area contributed by atoms with Gasteiger partial charge < -0.3 is 0 Å². The highest BCUT2D eigenvalue weighted by Crippen LogP contribution is 2.36. The Kier molecular flexibility index (Phi) is 4.38. The van der Waals surface area contributed by atoms with E-state index in [1.54, 1.807) is 18.2 Å². The van der Waals surface area contributed by atoms with E-state index in [4.69, 9.17) is 23.2 Å². The van der Waals surface area contributed by atoms with Gasteiger partial charge in [-0.15, -0.1) is 0 Å². The number of rotatable bonds is 3. The summed E-state index contributed by atoms with van der Waals surface area (Å²) in [5, 5.41) is 0.621. The number of benzene rings is 2. The van der Waals surface area contributed by atoms with Crippen LogP contribution in [0.15, 0.2) is 65.8 Å². The normalized spacial score (nSPS) is 11.8. The van der Waals surface area contributed by atoms with Crippen LogP contribution in [0, 0.1) is 5.82 Å². The lowest BCUT2D eigenvalue weighted by Gasteiger charge is -2.07. The lowest BCUT2D eigenvalue weighted by Crippen LogP contribution is -2.11. The van der Waals surface area contributed by atoms with Crippen molar-refractivity contribution in [1.29, 1.82) is 0 Å². The van der Waals surface area contributed by atoms with E-state index in [1.807, 2.05) is 0 Å². The van der Waals surface area contributed by atoms with E-state index in [1.165, 1.54) is 36.7 Å². The molecule has 0 aliphatic carbocycles. The van der Waals surface area contributed by atoms with Gasteiger partial charge in [-0.25, -0.2) is 26.7 Å². The molecule has 0 fully saturated rings. The van der Waals surface area contributed by atoms with Crippen LogP contribution in [-0.4, -0.2) is 22.4 Å². The number of hydrogen-bond donors (Lipinski definition) is 0. The summed E-state index contributed by atoms with van der Waals surface area (Å²) in [5.41, 5.74) is 0.828. The van der Waals surface area contributed by atoms with Crippen molar-refractivity contribution in [3.8, 4) is 11.3 Å². The second-order valence-corrected chi connectivity index (χ2v) is 8.21. The van der Waals surface area contributed by atoms with E-state index >= 15 is 0 Å². The molecule has 2 aromatic carbocycles. The van der Waals surface area contributed by atoms with Crippen LogP contribution in [-0.2, 0) is 10.0 Å². The van der Waals surface area contributed by atoms with E-state index in [0.717, 1.165) is 10.0 Å². The minimum absolute atomic E-state index is 0.0386. The van der Waals surface area contributed by atoms with Crippen molar-refractivity contribution in [2.24, 2.45) is 0 Å². The monoisotopic (exact) mass is 421 g/mol. The fraction of sp³-hybridized carbons (Fsp3) is 0. The van der Waals surface area contributed by atoms with Crippen molar-refractivity contribution in [3.05, 3.63) is 77.0 Å². The molecule has 0 aliphatic rings. The minimum atomic E-state index is -3.96. The van der Waals surface area contributed by atoms with Gasteiger partial charge in [0.05, 0.1) is 27.3 Å². The highest BCUT2D eigenvalue weighted by Gasteiger charge is 2.23. The van der Waals surface area contributed by atoms with E-state index < -0.39 is 15.8 Å². The first-order valence-corrected chi connectivity index (χ1v) is 9.87. The van der Waals surface area contributed by atoms with E-state index in [-0.39, 0.29) is 26.4 Å². The highest BCUT2D eigenvalue weighted by atomic mass is 35.5. The Bertz CT molecular complexity index is 1270. The maximum Gasteiger partial charge on any atom is 0.268 e. The Morgan fingerprint density at radius 1 is 1.04 bits per heavy atom. The highest BCUT2D eigenvalue weighted by molar-refractivity contribution is 7.90. The zero-order valence-electron chi connectivity index (χ0n) is 13.5. The fourth-order valence-electron chi connectivity index (χ4n) is 2.80. The third kappa shape index (κ3) is 3.07. The molecule has 2 heterocycles. The average molecular weight is 422 g/mol. The molecular formula is C18H10Cl2FN3O2S. The number of fused-ring (bicyclic) bond motifs is 1. The minimum Gasteiger partial charge on any atom is -0.240 e. The summed E-state index contributed by atoms with van der Waals surface area (Å²) in [4.78, 5) is 7.98. The van der Waals surface area contributed by atoms with Crippen molar-refractivity contribution < 1.29 is 12.8 Å². The molecule has 0 saturated heterocycles. The zero-order valence-corrected chi connectivity index (χ0v) is 15.8. The summed E-state index contributed by atoms with van der Waals surface area (Å²) in [6, 6.07) is 11.7. The van der Waals surface area contributed by atoms with Crippen molar-refractivity contribution in [3.63, 3.8) is 0 Å². The van der Waals surface area contributed by atoms with Crippen molar-refractivity contribution in [2.75, 3.05) is 0 Å². The van der Waals surface area contributed by atoms with E-state index in [2.05, 4.69) is 9.97 Å². The van der Waals surface area contributed by atoms with Crippen LogP contribution in [0.2, 0.25) is 10.3 Å². The van der Waals surface area contributed by atoms with Crippen LogP contribution in [0.1, 0.15) is 0 Å². The Balaban J connectivity index is 2.06. The summed E-state index contributed by atoms with van der Waals surface area (Å²) < 4.78 is 41.1. The maximum absolute atomic E-state index is 13.9. The molecule has 9 heteroatoms. The Hall–Kier alpha value is -2.48. The predicted molar refractivity (Wildman–Crippen MR) is 102 cm³/mol. The summed E-state index contributed by atoms with van der Waals surface area (Å²) in [7, 11) is -3.96. The summed E-state index contributed by atoms with van der Waals surface area (Å²) in [6.45, 7) is 0. The van der Waals surface area contributed by atoms with Gasteiger partial charge in [0.25, 0.3) is 10.0 Å².